The number of amides is 3. The van der Waals surface area contributed by atoms with Gasteiger partial charge in [-0.05, 0) is 62.2 Å². The summed E-state index contributed by atoms with van der Waals surface area (Å²) in [5.41, 5.74) is 1.30. The molecule has 3 atom stereocenters. The highest BCUT2D eigenvalue weighted by Gasteiger charge is 2.39. The third kappa shape index (κ3) is 7.39. The molecule has 2 fully saturated rings. The van der Waals surface area contributed by atoms with Crippen LogP contribution in [0.2, 0.25) is 0 Å². The van der Waals surface area contributed by atoms with Crippen LogP contribution in [0.1, 0.15) is 46.4 Å². The molecule has 226 valence electrons. The zero-order valence-corrected chi connectivity index (χ0v) is 24.3. The van der Waals surface area contributed by atoms with Crippen molar-refractivity contribution in [3.05, 3.63) is 53.6 Å². The number of morpholine rings is 1. The second kappa shape index (κ2) is 14.0. The second-order valence-corrected chi connectivity index (χ2v) is 10.9. The number of likely N-dealkylation sites (N-methyl/N-ethyl adjacent to an activating group) is 1. The fourth-order valence-corrected chi connectivity index (χ4v) is 5.71. The van der Waals surface area contributed by atoms with Crippen LogP contribution in [0.4, 0.5) is 5.69 Å². The van der Waals surface area contributed by atoms with E-state index in [0.717, 1.165) is 39.3 Å². The Kier molecular flexibility index (Phi) is 9.93. The number of nitrogens with zero attached hydrogens (tertiary/aromatic N) is 2. The van der Waals surface area contributed by atoms with Gasteiger partial charge in [0, 0.05) is 37.9 Å². The Labute approximate surface area is 246 Å². The van der Waals surface area contributed by atoms with Crippen molar-refractivity contribution in [2.45, 2.75) is 43.9 Å². The summed E-state index contributed by atoms with van der Waals surface area (Å²) in [6.07, 6.45) is 1.97. The van der Waals surface area contributed by atoms with E-state index in [1.807, 2.05) is 0 Å². The van der Waals surface area contributed by atoms with E-state index in [1.165, 1.54) is 0 Å². The van der Waals surface area contributed by atoms with E-state index in [0.29, 0.717) is 47.7 Å². The molecule has 0 radical (unpaired) electrons. The summed E-state index contributed by atoms with van der Waals surface area (Å²) in [6.45, 7) is 5.26. The fraction of sp³-hybridized carbons (Fsp3) is 0.516. The number of carbonyl (C=O) groups is 3. The Morgan fingerprint density at radius 2 is 1.93 bits per heavy atom. The van der Waals surface area contributed by atoms with Gasteiger partial charge in [0.05, 0.1) is 44.5 Å². The highest BCUT2D eigenvalue weighted by molar-refractivity contribution is 6.05. The van der Waals surface area contributed by atoms with Crippen LogP contribution in [0.5, 0.6) is 11.5 Å². The van der Waals surface area contributed by atoms with Crippen LogP contribution in [0.3, 0.4) is 0 Å². The van der Waals surface area contributed by atoms with Gasteiger partial charge in [-0.2, -0.15) is 0 Å². The van der Waals surface area contributed by atoms with Gasteiger partial charge in [-0.15, -0.1) is 0 Å². The van der Waals surface area contributed by atoms with Gasteiger partial charge >= 0.3 is 0 Å². The zero-order valence-electron chi connectivity index (χ0n) is 24.3. The molecule has 11 heteroatoms. The lowest BCUT2D eigenvalue weighted by molar-refractivity contribution is -0.134. The van der Waals surface area contributed by atoms with Crippen molar-refractivity contribution in [2.75, 3.05) is 65.5 Å². The lowest BCUT2D eigenvalue weighted by Gasteiger charge is -2.42. The van der Waals surface area contributed by atoms with Gasteiger partial charge in [0.1, 0.15) is 24.2 Å². The molecular weight excluding hydrogens is 540 g/mol. The number of hydrogen-bond acceptors (Lipinski definition) is 8. The van der Waals surface area contributed by atoms with Crippen LogP contribution in [0.25, 0.3) is 0 Å². The average Bonchev–Trinajstić information content (AvgIpc) is 3.02. The number of ether oxygens (including phenoxy) is 4. The minimum absolute atomic E-state index is 0.0227. The first-order valence-corrected chi connectivity index (χ1v) is 14.6. The van der Waals surface area contributed by atoms with Gasteiger partial charge in [0.15, 0.2) is 0 Å². The van der Waals surface area contributed by atoms with Crippen LogP contribution >= 0.6 is 0 Å². The van der Waals surface area contributed by atoms with Crippen LogP contribution in [0, 0.1) is 0 Å². The number of methoxy groups -OCH3 is 1. The molecule has 3 aliphatic rings. The third-order valence-corrected chi connectivity index (χ3v) is 8.09. The SMILES string of the molecule is COc1cccc(C(=O)Nc2ccc3c(c2)C(=O)N(C)[C@H]2CC[C@H](CC(=O)NCCCN4CCOCC4)O[C@H]2CO3)c1. The maximum Gasteiger partial charge on any atom is 0.257 e. The molecule has 0 unspecified atom stereocenters. The van der Waals surface area contributed by atoms with Gasteiger partial charge in [-0.25, -0.2) is 0 Å². The molecule has 3 heterocycles. The van der Waals surface area contributed by atoms with Crippen molar-refractivity contribution >= 4 is 23.4 Å². The molecule has 5 rings (SSSR count). The summed E-state index contributed by atoms with van der Waals surface area (Å²) in [5, 5.41) is 5.87. The number of fused-ring (bicyclic) bond motifs is 2. The van der Waals surface area contributed by atoms with E-state index < -0.39 is 0 Å². The van der Waals surface area contributed by atoms with Gasteiger partial charge in [0.25, 0.3) is 11.8 Å². The molecule has 0 spiro atoms. The van der Waals surface area contributed by atoms with Crippen LogP contribution in [0.15, 0.2) is 42.5 Å². The topological polar surface area (TPSA) is 119 Å². The quantitative estimate of drug-likeness (QED) is 0.435. The maximum atomic E-state index is 13.5. The standard InChI is InChI=1S/C31H40N4O7/c1-34-26-9-8-24(19-29(36)32-11-4-12-35-13-15-40-16-14-35)42-28(26)20-41-27-10-7-22(18-25(27)31(34)38)33-30(37)21-5-3-6-23(17-21)39-2/h3,5-7,10,17-18,24,26,28H,4,8-9,11-16,19-20H2,1-2H3,(H,32,36)(H,33,37)/t24-,26+,28+/m1/s1. The predicted octanol–water partition coefficient (Wildman–Crippen LogP) is 2.56. The Morgan fingerprint density at radius 1 is 1.10 bits per heavy atom. The van der Waals surface area contributed by atoms with Crippen molar-refractivity contribution in [3.8, 4) is 11.5 Å². The van der Waals surface area contributed by atoms with E-state index in [2.05, 4.69) is 15.5 Å². The summed E-state index contributed by atoms with van der Waals surface area (Å²) < 4.78 is 23.0. The summed E-state index contributed by atoms with van der Waals surface area (Å²) >= 11 is 0. The van der Waals surface area contributed by atoms with Crippen molar-refractivity contribution < 1.29 is 33.3 Å². The molecule has 0 saturated carbocycles. The van der Waals surface area contributed by atoms with Gasteiger partial charge in [-0.1, -0.05) is 6.07 Å². The molecule has 2 N–H and O–H groups in total. The summed E-state index contributed by atoms with van der Waals surface area (Å²) in [6, 6.07) is 11.7. The molecular formula is C31H40N4O7. The Balaban J connectivity index is 1.15. The van der Waals surface area contributed by atoms with Crippen molar-refractivity contribution in [2.24, 2.45) is 0 Å². The molecule has 2 saturated heterocycles. The van der Waals surface area contributed by atoms with Gasteiger partial charge in [0.2, 0.25) is 5.91 Å². The minimum atomic E-state index is -0.354. The summed E-state index contributed by atoms with van der Waals surface area (Å²) in [7, 11) is 3.31. The number of rotatable bonds is 9. The second-order valence-electron chi connectivity index (χ2n) is 10.9. The third-order valence-electron chi connectivity index (χ3n) is 8.09. The Hall–Kier alpha value is -3.67. The van der Waals surface area contributed by atoms with Crippen LogP contribution in [-0.4, -0.2) is 106 Å². The Morgan fingerprint density at radius 3 is 2.74 bits per heavy atom. The zero-order chi connectivity index (χ0) is 29.5. The van der Waals surface area contributed by atoms with Crippen LogP contribution < -0.4 is 20.1 Å². The highest BCUT2D eigenvalue weighted by Crippen LogP contribution is 2.32. The van der Waals surface area contributed by atoms with E-state index >= 15 is 0 Å². The lowest BCUT2D eigenvalue weighted by atomic mass is 9.94. The number of benzene rings is 2. The molecule has 42 heavy (non-hydrogen) atoms. The smallest absolute Gasteiger partial charge is 0.257 e. The van der Waals surface area contributed by atoms with Crippen molar-refractivity contribution in [3.63, 3.8) is 0 Å². The first-order chi connectivity index (χ1) is 20.4. The lowest BCUT2D eigenvalue weighted by Crippen LogP contribution is -2.54. The normalized spacial score (nSPS) is 22.6. The summed E-state index contributed by atoms with van der Waals surface area (Å²) in [4.78, 5) is 43.0. The van der Waals surface area contributed by atoms with Crippen molar-refractivity contribution in [1.29, 1.82) is 0 Å². The van der Waals surface area contributed by atoms with Crippen molar-refractivity contribution in [1.82, 2.24) is 15.1 Å². The molecule has 3 amide bonds. The number of hydrogen-bond donors (Lipinski definition) is 2. The number of anilines is 1. The number of carbonyl (C=O) groups excluding carboxylic acids is 3. The minimum Gasteiger partial charge on any atom is -0.497 e. The average molecular weight is 581 g/mol. The van der Waals surface area contributed by atoms with E-state index in [-0.39, 0.29) is 49.0 Å². The van der Waals surface area contributed by atoms with Gasteiger partial charge < -0.3 is 34.5 Å². The largest absolute Gasteiger partial charge is 0.497 e. The molecule has 0 bridgehead atoms. The fourth-order valence-electron chi connectivity index (χ4n) is 5.71. The maximum absolute atomic E-state index is 13.5. The molecule has 2 aromatic carbocycles. The first-order valence-electron chi connectivity index (χ1n) is 14.6. The molecule has 0 aromatic heterocycles. The first kappa shape index (κ1) is 29.8. The van der Waals surface area contributed by atoms with E-state index in [9.17, 15) is 14.4 Å². The highest BCUT2D eigenvalue weighted by atomic mass is 16.5. The predicted molar refractivity (Wildman–Crippen MR) is 156 cm³/mol. The van der Waals surface area contributed by atoms with Gasteiger partial charge in [-0.3, -0.25) is 19.3 Å². The molecule has 2 aromatic rings. The molecule has 11 nitrogen and oxygen atoms in total. The monoisotopic (exact) mass is 580 g/mol. The van der Waals surface area contributed by atoms with Crippen LogP contribution in [-0.2, 0) is 14.3 Å². The van der Waals surface area contributed by atoms with E-state index in [1.54, 1.807) is 61.5 Å². The Bertz CT molecular complexity index is 1270. The number of nitrogens with one attached hydrogen (secondary N) is 2. The molecule has 0 aliphatic carbocycles. The molecule has 3 aliphatic heterocycles. The summed E-state index contributed by atoms with van der Waals surface area (Å²) in [5.74, 6) is 0.461. The van der Waals surface area contributed by atoms with E-state index in [4.69, 9.17) is 18.9 Å².